The Kier molecular flexibility index (Phi) is 10.8. The predicted octanol–water partition coefficient (Wildman–Crippen LogP) is 13.0. The van der Waals surface area contributed by atoms with Gasteiger partial charge < -0.3 is 33.2 Å². The van der Waals surface area contributed by atoms with Gasteiger partial charge in [-0.15, -0.1) is 0 Å². The summed E-state index contributed by atoms with van der Waals surface area (Å²) in [6, 6.07) is 52.6. The molecule has 10 rings (SSSR count). The number of fused-ring (bicyclic) bond motifs is 14. The Morgan fingerprint density at radius 2 is 0.556 bits per heavy atom. The fourth-order valence-corrected chi connectivity index (χ4v) is 6.66. The monoisotopic (exact) mass is 848 g/mol. The van der Waals surface area contributed by atoms with Gasteiger partial charge in [0, 0.05) is 35.4 Å². The van der Waals surface area contributed by atoms with E-state index in [9.17, 15) is 0 Å². The third-order valence-corrected chi connectivity index (χ3v) is 9.60. The molecule has 0 radical (unpaired) electrons. The molecule has 13 nitrogen and oxygen atoms in total. The van der Waals surface area contributed by atoms with E-state index >= 15 is 0 Å². The third-order valence-electron chi connectivity index (χ3n) is 9.06. The molecule has 0 saturated carbocycles. The zero-order valence-electron chi connectivity index (χ0n) is 33.2. The first kappa shape index (κ1) is 38.7. The second kappa shape index (κ2) is 17.6. The minimum atomic E-state index is 0.244. The van der Waals surface area contributed by atoms with Gasteiger partial charge in [-0.2, -0.15) is 29.9 Å². The first-order valence-electron chi connectivity index (χ1n) is 19.5. The highest BCUT2D eigenvalue weighted by Gasteiger charge is 2.16. The van der Waals surface area contributed by atoms with Crippen LogP contribution < -0.4 is 33.2 Å². The molecule has 6 aromatic carbocycles. The van der Waals surface area contributed by atoms with Crippen molar-refractivity contribution in [1.82, 2.24) is 29.9 Å². The van der Waals surface area contributed by atoms with Gasteiger partial charge in [0.25, 0.3) is 0 Å². The summed E-state index contributed by atoms with van der Waals surface area (Å²) in [6.07, 6.45) is 1.87. The molecule has 0 unspecified atom stereocenters. The van der Waals surface area contributed by atoms with Gasteiger partial charge in [0.1, 0.15) is 46.0 Å². The second-order valence-electron chi connectivity index (χ2n) is 13.6. The molecule has 0 fully saturated rings. The Morgan fingerprint density at radius 3 is 0.841 bits per heavy atom. The van der Waals surface area contributed by atoms with Crippen molar-refractivity contribution in [3.8, 4) is 104 Å². The smallest absolute Gasteiger partial charge is 0.227 e. The van der Waals surface area contributed by atoms with Crippen molar-refractivity contribution in [3.05, 3.63) is 176 Å². The van der Waals surface area contributed by atoms with Crippen molar-refractivity contribution < 1.29 is 33.2 Å². The number of thioether (sulfide) groups is 1. The zero-order chi connectivity index (χ0) is 42.4. The van der Waals surface area contributed by atoms with E-state index in [0.29, 0.717) is 62.8 Å². The Bertz CT molecular complexity index is 2870. The van der Waals surface area contributed by atoms with E-state index in [2.05, 4.69) is 9.97 Å². The number of hydrogen-bond acceptors (Lipinski definition) is 14. The van der Waals surface area contributed by atoms with Crippen molar-refractivity contribution in [2.75, 3.05) is 6.26 Å². The molecule has 0 N–H and O–H groups in total. The predicted molar refractivity (Wildman–Crippen MR) is 235 cm³/mol. The van der Waals surface area contributed by atoms with E-state index in [4.69, 9.17) is 53.1 Å². The number of nitrogens with zero attached hydrogens (tertiary/aromatic N) is 6. The minimum absolute atomic E-state index is 0.244. The molecule has 0 spiro atoms. The largest absolute Gasteiger partial charge is 0.457 e. The average Bonchev–Trinajstić information content (AvgIpc) is 3.29. The van der Waals surface area contributed by atoms with E-state index < -0.39 is 0 Å². The van der Waals surface area contributed by atoms with Crippen LogP contribution in [0, 0.1) is 0 Å². The highest BCUT2D eigenvalue weighted by molar-refractivity contribution is 7.98. The molecule has 14 bridgehead atoms. The van der Waals surface area contributed by atoms with Crippen LogP contribution in [0.5, 0.6) is 81.3 Å². The molecular weight excluding hydrogens is 817 g/mol. The Balaban J connectivity index is 1.05. The fourth-order valence-electron chi connectivity index (χ4n) is 6.29. The molecule has 3 aromatic heterocycles. The number of rotatable bonds is 3. The summed E-state index contributed by atoms with van der Waals surface area (Å²) < 4.78 is 44.1. The molecule has 0 saturated heterocycles. The van der Waals surface area contributed by atoms with Gasteiger partial charge in [-0.25, -0.2) is 0 Å². The first-order valence-corrected chi connectivity index (χ1v) is 20.7. The van der Waals surface area contributed by atoms with Crippen molar-refractivity contribution in [1.29, 1.82) is 0 Å². The SMILES string of the molecule is CSc1nc2cc(n1)Oc1cccc(c1)Oc1cc(nc(-c3ccccc3)n1)Oc1cccc(c1)Oc1cccc(c1)Oc1cc(nc(-c3ccccc3)n1)Oc1cccc(c1)O2. The molecule has 1 aliphatic rings. The van der Waals surface area contributed by atoms with Crippen molar-refractivity contribution >= 4 is 11.8 Å². The number of aromatic nitrogens is 6. The third kappa shape index (κ3) is 9.62. The summed E-state index contributed by atoms with van der Waals surface area (Å²) in [5.74, 6) is 6.07. The van der Waals surface area contributed by atoms with Gasteiger partial charge in [0.15, 0.2) is 16.8 Å². The maximum Gasteiger partial charge on any atom is 0.227 e. The number of ether oxygens (including phenoxy) is 7. The van der Waals surface area contributed by atoms with E-state index in [1.54, 1.807) is 91.0 Å². The lowest BCUT2D eigenvalue weighted by molar-refractivity contribution is 0.413. The van der Waals surface area contributed by atoms with Crippen LogP contribution >= 0.6 is 11.8 Å². The van der Waals surface area contributed by atoms with Crippen LogP contribution in [0.3, 0.4) is 0 Å². The number of hydrogen-bond donors (Lipinski definition) is 0. The summed E-state index contributed by atoms with van der Waals surface area (Å²) >= 11 is 1.34. The van der Waals surface area contributed by atoms with Crippen LogP contribution in [0.4, 0.5) is 0 Å². The summed E-state index contributed by atoms with van der Waals surface area (Å²) in [7, 11) is 0. The maximum atomic E-state index is 6.33. The second-order valence-corrected chi connectivity index (χ2v) is 14.4. The quantitative estimate of drug-likeness (QED) is 0.123. The molecule has 63 heavy (non-hydrogen) atoms. The topological polar surface area (TPSA) is 142 Å². The molecule has 0 amide bonds. The van der Waals surface area contributed by atoms with Gasteiger partial charge >= 0.3 is 0 Å². The lowest BCUT2D eigenvalue weighted by Crippen LogP contribution is -1.98. The Hall–Kier alpha value is -8.49. The zero-order valence-corrected chi connectivity index (χ0v) is 34.0. The molecular formula is C49H32N6O7S. The normalized spacial score (nSPS) is 11.9. The van der Waals surface area contributed by atoms with Gasteiger partial charge in [-0.05, 0) is 54.8 Å². The molecule has 9 aromatic rings. The van der Waals surface area contributed by atoms with Gasteiger partial charge in [-0.3, -0.25) is 0 Å². The molecule has 0 atom stereocenters. The highest BCUT2D eigenvalue weighted by atomic mass is 32.2. The summed E-state index contributed by atoms with van der Waals surface area (Å²) in [6.45, 7) is 0. The summed E-state index contributed by atoms with van der Waals surface area (Å²) in [4.78, 5) is 28.0. The summed E-state index contributed by atoms with van der Waals surface area (Å²) in [5.41, 5.74) is 1.55. The molecule has 0 aliphatic carbocycles. The standard InChI is InChI=1S/C49H32N6O7S/c1-63-49-54-45-30-46(55-49)62-40-23-11-21-38(27-40)60-44-29-42(51-48(53-44)32-14-6-3-7-15-32)58-36-19-9-17-34(25-36)56-33-16-8-18-35(24-33)57-41-28-43(59-37-20-10-22-39(26-37)61-45)52-47(50-41)31-12-4-2-5-13-31/h2-30H,1H3. The van der Waals surface area contributed by atoms with Crippen LogP contribution in [-0.4, -0.2) is 36.2 Å². The van der Waals surface area contributed by atoms with Crippen LogP contribution in [0.2, 0.25) is 0 Å². The van der Waals surface area contributed by atoms with Crippen molar-refractivity contribution in [2.45, 2.75) is 5.16 Å². The van der Waals surface area contributed by atoms with Crippen molar-refractivity contribution in [3.63, 3.8) is 0 Å². The average molecular weight is 849 g/mol. The van der Waals surface area contributed by atoms with Crippen LogP contribution in [0.25, 0.3) is 22.8 Å². The minimum Gasteiger partial charge on any atom is -0.457 e. The van der Waals surface area contributed by atoms with E-state index in [0.717, 1.165) is 11.1 Å². The van der Waals surface area contributed by atoms with Crippen LogP contribution in [0.15, 0.2) is 181 Å². The van der Waals surface area contributed by atoms with E-state index in [1.807, 2.05) is 91.2 Å². The number of benzene rings is 6. The van der Waals surface area contributed by atoms with Crippen LogP contribution in [-0.2, 0) is 0 Å². The lowest BCUT2D eigenvalue weighted by atomic mass is 10.2. The van der Waals surface area contributed by atoms with E-state index in [-0.39, 0.29) is 35.3 Å². The molecule has 306 valence electrons. The lowest BCUT2D eigenvalue weighted by Gasteiger charge is -2.13. The van der Waals surface area contributed by atoms with Gasteiger partial charge in [0.05, 0.1) is 18.2 Å². The van der Waals surface area contributed by atoms with Gasteiger partial charge in [-0.1, -0.05) is 96.7 Å². The Labute approximate surface area is 364 Å². The van der Waals surface area contributed by atoms with Crippen LogP contribution in [0.1, 0.15) is 0 Å². The molecule has 14 heteroatoms. The molecule has 4 heterocycles. The highest BCUT2D eigenvalue weighted by Crippen LogP contribution is 2.37. The molecule has 1 aliphatic heterocycles. The van der Waals surface area contributed by atoms with E-state index in [1.165, 1.54) is 11.8 Å². The first-order chi connectivity index (χ1) is 31.0. The Morgan fingerprint density at radius 1 is 0.286 bits per heavy atom. The fraction of sp³-hybridized carbons (Fsp3) is 0.0204. The van der Waals surface area contributed by atoms with Crippen molar-refractivity contribution in [2.24, 2.45) is 0 Å². The van der Waals surface area contributed by atoms with Gasteiger partial charge in [0.2, 0.25) is 35.3 Å². The maximum absolute atomic E-state index is 6.33. The summed E-state index contributed by atoms with van der Waals surface area (Å²) in [5, 5.41) is 0.438.